The smallest absolute Gasteiger partial charge is 0.413 e. The average Bonchev–Trinajstić information content (AvgIpc) is 3.22. The first kappa shape index (κ1) is 18.8. The highest BCUT2D eigenvalue weighted by atomic mass is 32.1. The number of ether oxygens (including phenoxy) is 1. The van der Waals surface area contributed by atoms with Gasteiger partial charge in [0.1, 0.15) is 16.2 Å². The van der Waals surface area contributed by atoms with E-state index in [-0.39, 0.29) is 10.9 Å². The van der Waals surface area contributed by atoms with Gasteiger partial charge in [0.15, 0.2) is 10.9 Å². The summed E-state index contributed by atoms with van der Waals surface area (Å²) in [5.74, 6) is 0.190. The van der Waals surface area contributed by atoms with Gasteiger partial charge < -0.3 is 9.15 Å². The van der Waals surface area contributed by atoms with Crippen molar-refractivity contribution in [1.82, 2.24) is 9.97 Å². The molecule has 0 radical (unpaired) electrons. The number of carbonyl (C=O) groups is 2. The molecule has 0 aliphatic rings. The number of hydrogen-bond donors (Lipinski definition) is 1. The first-order valence-corrected chi connectivity index (χ1v) is 9.06. The highest BCUT2D eigenvalue weighted by Crippen LogP contribution is 2.33. The van der Waals surface area contributed by atoms with Crippen LogP contribution in [-0.4, -0.2) is 27.4 Å². The van der Waals surface area contributed by atoms with Gasteiger partial charge in [0.05, 0.1) is 6.26 Å². The molecule has 0 saturated carbocycles. The van der Waals surface area contributed by atoms with Crippen LogP contribution in [0, 0.1) is 6.92 Å². The number of ketones is 1. The third kappa shape index (κ3) is 4.59. The Labute approximate surface area is 160 Å². The first-order chi connectivity index (χ1) is 12.7. The van der Waals surface area contributed by atoms with Gasteiger partial charge in [-0.3, -0.25) is 15.1 Å². The number of rotatable bonds is 4. The number of furan rings is 1. The van der Waals surface area contributed by atoms with Gasteiger partial charge in [-0.25, -0.2) is 9.78 Å². The lowest BCUT2D eigenvalue weighted by molar-refractivity contribution is 0.0635. The van der Waals surface area contributed by atoms with Crippen LogP contribution in [0.4, 0.5) is 9.93 Å². The van der Waals surface area contributed by atoms with Crippen molar-refractivity contribution in [3.63, 3.8) is 0 Å². The fraction of sp³-hybridized carbons (Fsp3) is 0.263. The van der Waals surface area contributed by atoms with Crippen LogP contribution in [0.15, 0.2) is 41.1 Å². The summed E-state index contributed by atoms with van der Waals surface area (Å²) in [5.41, 5.74) is 0.967. The molecule has 1 N–H and O–H groups in total. The van der Waals surface area contributed by atoms with Gasteiger partial charge in [-0.1, -0.05) is 11.3 Å². The molecule has 27 heavy (non-hydrogen) atoms. The van der Waals surface area contributed by atoms with Crippen molar-refractivity contribution in [2.75, 3.05) is 5.32 Å². The minimum absolute atomic E-state index is 0.247. The Balaban J connectivity index is 1.94. The molecule has 0 fully saturated rings. The largest absolute Gasteiger partial charge is 0.463 e. The van der Waals surface area contributed by atoms with Crippen molar-refractivity contribution in [1.29, 1.82) is 0 Å². The minimum Gasteiger partial charge on any atom is -0.463 e. The van der Waals surface area contributed by atoms with Crippen LogP contribution in [0.5, 0.6) is 0 Å². The van der Waals surface area contributed by atoms with Crippen LogP contribution >= 0.6 is 11.3 Å². The number of pyridine rings is 1. The SMILES string of the molecule is Cc1ccc(C(=O)c2sc(NC(=O)OC(C)(C)C)nc2-c2ccco2)cn1. The van der Waals surface area contributed by atoms with Crippen LogP contribution in [0.25, 0.3) is 11.5 Å². The van der Waals surface area contributed by atoms with E-state index >= 15 is 0 Å². The van der Waals surface area contributed by atoms with Gasteiger partial charge >= 0.3 is 6.09 Å². The summed E-state index contributed by atoms with van der Waals surface area (Å²) >= 11 is 1.06. The molecule has 1 amide bonds. The first-order valence-electron chi connectivity index (χ1n) is 8.25. The van der Waals surface area contributed by atoms with E-state index in [1.807, 2.05) is 6.92 Å². The molecule has 3 heterocycles. The third-order valence-electron chi connectivity index (χ3n) is 3.37. The second kappa shape index (κ2) is 7.32. The number of aromatic nitrogens is 2. The highest BCUT2D eigenvalue weighted by molar-refractivity contribution is 7.18. The van der Waals surface area contributed by atoms with Crippen LogP contribution in [0.3, 0.4) is 0 Å². The van der Waals surface area contributed by atoms with Crippen LogP contribution < -0.4 is 5.32 Å². The van der Waals surface area contributed by atoms with Gasteiger partial charge in [0.2, 0.25) is 5.78 Å². The lowest BCUT2D eigenvalue weighted by Crippen LogP contribution is -2.27. The molecule has 140 valence electrons. The topological polar surface area (TPSA) is 94.3 Å². The Morgan fingerprint density at radius 3 is 2.59 bits per heavy atom. The highest BCUT2D eigenvalue weighted by Gasteiger charge is 2.24. The zero-order valence-electron chi connectivity index (χ0n) is 15.4. The lowest BCUT2D eigenvalue weighted by Gasteiger charge is -2.18. The maximum Gasteiger partial charge on any atom is 0.413 e. The maximum atomic E-state index is 12.9. The molecule has 0 unspecified atom stereocenters. The van der Waals surface area contributed by atoms with Crippen LogP contribution in [-0.2, 0) is 4.74 Å². The van der Waals surface area contributed by atoms with Crippen LogP contribution in [0.1, 0.15) is 41.7 Å². The summed E-state index contributed by atoms with van der Waals surface area (Å²) < 4.78 is 10.6. The number of hydrogen-bond acceptors (Lipinski definition) is 7. The van der Waals surface area contributed by atoms with Gasteiger partial charge in [-0.05, 0) is 52.0 Å². The molecular formula is C19H19N3O4S. The lowest BCUT2D eigenvalue weighted by atomic mass is 10.1. The van der Waals surface area contributed by atoms with Crippen molar-refractivity contribution in [3.8, 4) is 11.5 Å². The quantitative estimate of drug-likeness (QED) is 0.655. The van der Waals surface area contributed by atoms with Crippen molar-refractivity contribution in [2.45, 2.75) is 33.3 Å². The molecule has 0 atom stereocenters. The number of amides is 1. The fourth-order valence-corrected chi connectivity index (χ4v) is 3.15. The summed E-state index contributed by atoms with van der Waals surface area (Å²) in [6, 6.07) is 6.88. The van der Waals surface area contributed by atoms with Crippen LogP contribution in [0.2, 0.25) is 0 Å². The van der Waals surface area contributed by atoms with E-state index in [2.05, 4.69) is 15.3 Å². The fourth-order valence-electron chi connectivity index (χ4n) is 2.23. The molecule has 3 rings (SSSR count). The van der Waals surface area contributed by atoms with Crippen molar-refractivity contribution in [3.05, 3.63) is 52.9 Å². The molecule has 0 saturated heterocycles. The van der Waals surface area contributed by atoms with E-state index in [1.54, 1.807) is 45.0 Å². The number of anilines is 1. The molecule has 0 aliphatic carbocycles. The summed E-state index contributed by atoms with van der Waals surface area (Å²) in [6.45, 7) is 7.14. The van der Waals surface area contributed by atoms with Gasteiger partial charge in [0.25, 0.3) is 0 Å². The van der Waals surface area contributed by atoms with E-state index < -0.39 is 11.7 Å². The summed E-state index contributed by atoms with van der Waals surface area (Å²) in [7, 11) is 0. The number of nitrogens with zero attached hydrogens (tertiary/aromatic N) is 2. The Hall–Kier alpha value is -3.00. The second-order valence-electron chi connectivity index (χ2n) is 6.82. The van der Waals surface area contributed by atoms with Gasteiger partial charge in [0, 0.05) is 17.5 Å². The predicted molar refractivity (Wildman–Crippen MR) is 102 cm³/mol. The van der Waals surface area contributed by atoms with E-state index in [1.165, 1.54) is 12.5 Å². The Kier molecular flexibility index (Phi) is 5.09. The van der Waals surface area contributed by atoms with E-state index in [0.29, 0.717) is 21.9 Å². The number of aryl methyl sites for hydroxylation is 1. The molecule has 3 aromatic rings. The number of nitrogens with one attached hydrogen (secondary N) is 1. The Morgan fingerprint density at radius 1 is 1.22 bits per heavy atom. The number of thiazole rings is 1. The molecule has 7 nitrogen and oxygen atoms in total. The predicted octanol–water partition coefficient (Wildman–Crippen LogP) is 4.68. The Bertz CT molecular complexity index is 954. The van der Waals surface area contributed by atoms with E-state index in [9.17, 15) is 9.59 Å². The summed E-state index contributed by atoms with van der Waals surface area (Å²) in [4.78, 5) is 33.8. The van der Waals surface area contributed by atoms with Gasteiger partial charge in [-0.15, -0.1) is 0 Å². The van der Waals surface area contributed by atoms with E-state index in [4.69, 9.17) is 9.15 Å². The number of carbonyl (C=O) groups excluding carboxylic acids is 2. The molecule has 3 aromatic heterocycles. The molecular weight excluding hydrogens is 366 g/mol. The maximum absolute atomic E-state index is 12.9. The molecule has 0 bridgehead atoms. The summed E-state index contributed by atoms with van der Waals surface area (Å²) in [6.07, 6.45) is 2.37. The molecule has 0 spiro atoms. The van der Waals surface area contributed by atoms with Crippen molar-refractivity contribution >= 4 is 28.3 Å². The standard InChI is InChI=1S/C19H19N3O4S/c1-11-7-8-12(10-20-11)15(23)16-14(13-6-5-9-25-13)21-17(27-16)22-18(24)26-19(2,3)4/h5-10H,1-4H3,(H,21,22,24). The molecule has 0 aliphatic heterocycles. The normalized spacial score (nSPS) is 11.3. The zero-order valence-corrected chi connectivity index (χ0v) is 16.2. The van der Waals surface area contributed by atoms with Crippen molar-refractivity contribution in [2.24, 2.45) is 0 Å². The molecule has 0 aromatic carbocycles. The monoisotopic (exact) mass is 385 g/mol. The van der Waals surface area contributed by atoms with Gasteiger partial charge in [-0.2, -0.15) is 0 Å². The zero-order chi connectivity index (χ0) is 19.6. The summed E-state index contributed by atoms with van der Waals surface area (Å²) in [5, 5.41) is 2.82. The van der Waals surface area contributed by atoms with Crippen molar-refractivity contribution < 1.29 is 18.7 Å². The third-order valence-corrected chi connectivity index (χ3v) is 4.34. The molecule has 8 heteroatoms. The second-order valence-corrected chi connectivity index (χ2v) is 7.82. The Morgan fingerprint density at radius 2 is 2.00 bits per heavy atom. The average molecular weight is 385 g/mol. The minimum atomic E-state index is -0.641. The van der Waals surface area contributed by atoms with E-state index in [0.717, 1.165) is 17.0 Å².